The highest BCUT2D eigenvalue weighted by Gasteiger charge is 2.21. The molecule has 0 atom stereocenters. The molecular weight excluding hydrogens is 230 g/mol. The molecule has 2 N–H and O–H groups in total. The third kappa shape index (κ3) is 1.57. The van der Waals surface area contributed by atoms with Gasteiger partial charge in [-0.25, -0.2) is 4.79 Å². The average Bonchev–Trinajstić information content (AvgIpc) is 2.52. The monoisotopic (exact) mass is 237 g/mol. The van der Waals surface area contributed by atoms with Gasteiger partial charge in [0.25, 0.3) is 5.78 Å². The molecule has 0 aliphatic rings. The molecule has 0 saturated heterocycles. The molecule has 0 radical (unpaired) electrons. The zero-order valence-electron chi connectivity index (χ0n) is 8.37. The normalized spacial score (nSPS) is 10.6. The van der Waals surface area contributed by atoms with Gasteiger partial charge >= 0.3 is 5.97 Å². The van der Waals surface area contributed by atoms with Crippen LogP contribution in [0.15, 0.2) is 18.2 Å². The van der Waals surface area contributed by atoms with Crippen molar-refractivity contribution in [2.24, 2.45) is 0 Å². The number of Topliss-reactive ketones (excluding diaryl/α,β-unsaturated/α-hetero) is 1. The van der Waals surface area contributed by atoms with Crippen molar-refractivity contribution in [2.45, 2.75) is 6.92 Å². The molecular formula is C11H8ClNO3. The molecule has 0 unspecified atom stereocenters. The summed E-state index contributed by atoms with van der Waals surface area (Å²) < 4.78 is 0. The lowest BCUT2D eigenvalue weighted by Crippen LogP contribution is -2.13. The van der Waals surface area contributed by atoms with E-state index in [0.717, 1.165) is 0 Å². The van der Waals surface area contributed by atoms with Crippen LogP contribution in [-0.2, 0) is 4.79 Å². The van der Waals surface area contributed by atoms with Gasteiger partial charge in [0.1, 0.15) is 0 Å². The molecule has 2 rings (SSSR count). The molecule has 1 aromatic heterocycles. The Labute approximate surface area is 95.8 Å². The zero-order valence-corrected chi connectivity index (χ0v) is 9.13. The van der Waals surface area contributed by atoms with Crippen LogP contribution in [0.3, 0.4) is 0 Å². The molecule has 1 aromatic carbocycles. The number of H-pyrrole nitrogens is 1. The maximum Gasteiger partial charge on any atom is 0.377 e. The van der Waals surface area contributed by atoms with Crippen LogP contribution in [0.2, 0.25) is 5.02 Å². The van der Waals surface area contributed by atoms with Crippen molar-refractivity contribution in [3.05, 3.63) is 34.5 Å². The topological polar surface area (TPSA) is 70.2 Å². The van der Waals surface area contributed by atoms with Crippen molar-refractivity contribution in [3.63, 3.8) is 0 Å². The molecule has 0 saturated carbocycles. The number of aromatic nitrogens is 1. The molecule has 0 aliphatic carbocycles. The average molecular weight is 238 g/mol. The Morgan fingerprint density at radius 1 is 1.38 bits per heavy atom. The number of aryl methyl sites for hydroxylation is 1. The Morgan fingerprint density at radius 3 is 2.69 bits per heavy atom. The lowest BCUT2D eigenvalue weighted by Gasteiger charge is -1.96. The number of fused-ring (bicyclic) bond motifs is 1. The maximum absolute atomic E-state index is 11.5. The van der Waals surface area contributed by atoms with E-state index in [4.69, 9.17) is 16.7 Å². The van der Waals surface area contributed by atoms with Gasteiger partial charge in [-0.1, -0.05) is 11.6 Å². The lowest BCUT2D eigenvalue weighted by molar-refractivity contribution is -0.131. The second-order valence-electron chi connectivity index (χ2n) is 3.45. The van der Waals surface area contributed by atoms with Crippen LogP contribution in [0.25, 0.3) is 10.9 Å². The highest BCUT2D eigenvalue weighted by molar-refractivity contribution is 6.43. The number of rotatable bonds is 2. The molecule has 1 heterocycles. The summed E-state index contributed by atoms with van der Waals surface area (Å²) in [5.41, 5.74) is 1.40. The van der Waals surface area contributed by atoms with Crippen molar-refractivity contribution in [1.82, 2.24) is 4.98 Å². The van der Waals surface area contributed by atoms with Gasteiger partial charge in [-0.2, -0.15) is 0 Å². The third-order valence-electron chi connectivity index (χ3n) is 2.37. The number of carboxylic acids is 1. The molecule has 2 aromatic rings. The van der Waals surface area contributed by atoms with Gasteiger partial charge in [0, 0.05) is 21.6 Å². The van der Waals surface area contributed by atoms with Crippen LogP contribution in [0.5, 0.6) is 0 Å². The second-order valence-corrected chi connectivity index (χ2v) is 3.89. The predicted octanol–water partition coefficient (Wildman–Crippen LogP) is 2.40. The van der Waals surface area contributed by atoms with E-state index < -0.39 is 11.8 Å². The predicted molar refractivity (Wildman–Crippen MR) is 60.0 cm³/mol. The number of carboxylic acid groups (broad SMARTS) is 1. The smallest absolute Gasteiger partial charge is 0.377 e. The molecule has 5 heteroatoms. The number of halogens is 1. The quantitative estimate of drug-likeness (QED) is 0.622. The van der Waals surface area contributed by atoms with Crippen molar-refractivity contribution in [2.75, 3.05) is 0 Å². The Bertz CT molecular complexity index is 601. The van der Waals surface area contributed by atoms with E-state index in [-0.39, 0.29) is 5.56 Å². The number of hydrogen-bond acceptors (Lipinski definition) is 2. The van der Waals surface area contributed by atoms with Gasteiger partial charge < -0.3 is 10.1 Å². The highest BCUT2D eigenvalue weighted by atomic mass is 35.5. The van der Waals surface area contributed by atoms with Crippen LogP contribution in [-0.4, -0.2) is 21.8 Å². The Morgan fingerprint density at radius 2 is 2.06 bits per heavy atom. The lowest BCUT2D eigenvalue weighted by atomic mass is 10.1. The summed E-state index contributed by atoms with van der Waals surface area (Å²) >= 11 is 5.81. The van der Waals surface area contributed by atoms with Gasteiger partial charge in [-0.15, -0.1) is 0 Å². The standard InChI is InChI=1S/C11H8ClNO3/c1-5-9(10(14)11(15)16)7-4-6(12)2-3-8(7)13-5/h2-4,13H,1H3,(H,15,16). The first-order chi connectivity index (χ1) is 7.50. The van der Waals surface area contributed by atoms with Crippen LogP contribution >= 0.6 is 11.6 Å². The fourth-order valence-corrected chi connectivity index (χ4v) is 1.87. The minimum atomic E-state index is -1.47. The highest BCUT2D eigenvalue weighted by Crippen LogP contribution is 2.25. The zero-order chi connectivity index (χ0) is 11.9. The Kier molecular flexibility index (Phi) is 2.44. The summed E-state index contributed by atoms with van der Waals surface area (Å²) in [5, 5.41) is 9.71. The molecule has 16 heavy (non-hydrogen) atoms. The summed E-state index contributed by atoms with van der Waals surface area (Å²) in [7, 11) is 0. The van der Waals surface area contributed by atoms with Crippen LogP contribution < -0.4 is 0 Å². The summed E-state index contributed by atoms with van der Waals surface area (Å²) in [5.74, 6) is -2.39. The minimum Gasteiger partial charge on any atom is -0.475 e. The van der Waals surface area contributed by atoms with Crippen LogP contribution in [0.1, 0.15) is 16.1 Å². The van der Waals surface area contributed by atoms with Gasteiger partial charge in [-0.3, -0.25) is 4.79 Å². The molecule has 0 amide bonds. The number of aliphatic carboxylic acids is 1. The van der Waals surface area contributed by atoms with E-state index in [9.17, 15) is 9.59 Å². The number of aromatic amines is 1. The van der Waals surface area contributed by atoms with Gasteiger partial charge in [0.2, 0.25) is 0 Å². The summed E-state index contributed by atoms with van der Waals surface area (Å²) in [6.45, 7) is 1.66. The Balaban J connectivity index is 2.77. The van der Waals surface area contributed by atoms with Crippen molar-refractivity contribution in [1.29, 1.82) is 0 Å². The third-order valence-corrected chi connectivity index (χ3v) is 2.60. The SMILES string of the molecule is Cc1[nH]c2ccc(Cl)cc2c1C(=O)C(=O)O. The summed E-state index contributed by atoms with van der Waals surface area (Å²) in [4.78, 5) is 25.1. The van der Waals surface area contributed by atoms with E-state index in [2.05, 4.69) is 4.98 Å². The number of benzene rings is 1. The van der Waals surface area contributed by atoms with Crippen molar-refractivity contribution >= 4 is 34.3 Å². The number of carbonyl (C=O) groups is 2. The largest absolute Gasteiger partial charge is 0.475 e. The fraction of sp³-hybridized carbons (Fsp3) is 0.0909. The molecule has 4 nitrogen and oxygen atoms in total. The molecule has 0 bridgehead atoms. The van der Waals surface area contributed by atoms with E-state index in [1.807, 2.05) is 0 Å². The van der Waals surface area contributed by atoms with Gasteiger partial charge in [0.15, 0.2) is 0 Å². The number of hydrogen-bond donors (Lipinski definition) is 2. The van der Waals surface area contributed by atoms with E-state index in [1.165, 1.54) is 0 Å². The minimum absolute atomic E-state index is 0.171. The van der Waals surface area contributed by atoms with Gasteiger partial charge in [0.05, 0.1) is 5.56 Å². The van der Waals surface area contributed by atoms with E-state index in [0.29, 0.717) is 21.6 Å². The van der Waals surface area contributed by atoms with Crippen molar-refractivity contribution < 1.29 is 14.7 Å². The number of nitrogens with one attached hydrogen (secondary N) is 1. The summed E-state index contributed by atoms with van der Waals surface area (Å²) in [6.07, 6.45) is 0. The first-order valence-electron chi connectivity index (χ1n) is 4.56. The Hall–Kier alpha value is -1.81. The van der Waals surface area contributed by atoms with Gasteiger partial charge in [-0.05, 0) is 25.1 Å². The van der Waals surface area contributed by atoms with E-state index >= 15 is 0 Å². The first-order valence-corrected chi connectivity index (χ1v) is 4.94. The second kappa shape index (κ2) is 3.64. The van der Waals surface area contributed by atoms with Crippen molar-refractivity contribution in [3.8, 4) is 0 Å². The summed E-state index contributed by atoms with van der Waals surface area (Å²) in [6, 6.07) is 4.97. The molecule has 0 aliphatic heterocycles. The number of ketones is 1. The first kappa shape index (κ1) is 10.7. The molecule has 0 spiro atoms. The van der Waals surface area contributed by atoms with Crippen LogP contribution in [0.4, 0.5) is 0 Å². The van der Waals surface area contributed by atoms with Crippen LogP contribution in [0, 0.1) is 6.92 Å². The maximum atomic E-state index is 11.5. The van der Waals surface area contributed by atoms with E-state index in [1.54, 1.807) is 25.1 Å². The molecule has 0 fully saturated rings. The molecule has 82 valence electrons. The number of carbonyl (C=O) groups excluding carboxylic acids is 1. The fourth-order valence-electron chi connectivity index (χ4n) is 1.70.